The van der Waals surface area contributed by atoms with Crippen LogP contribution in [0.4, 0.5) is 11.4 Å². The Morgan fingerprint density at radius 1 is 0.921 bits per heavy atom. The van der Waals surface area contributed by atoms with Crippen molar-refractivity contribution < 1.29 is 14.4 Å². The third kappa shape index (κ3) is 5.71. The van der Waals surface area contributed by atoms with Crippen LogP contribution in [0.2, 0.25) is 5.02 Å². The minimum Gasteiger partial charge on any atom is -0.332 e. The highest BCUT2D eigenvalue weighted by Gasteiger charge is 2.43. The summed E-state index contributed by atoms with van der Waals surface area (Å²) in [5.74, 6) is -0.361. The van der Waals surface area contributed by atoms with Crippen LogP contribution in [-0.4, -0.2) is 45.2 Å². The summed E-state index contributed by atoms with van der Waals surface area (Å²) in [5.41, 5.74) is 3.35. The van der Waals surface area contributed by atoms with Crippen molar-refractivity contribution >= 4 is 58.0 Å². The lowest BCUT2D eigenvalue weighted by atomic mass is 10.1. The van der Waals surface area contributed by atoms with Crippen LogP contribution in [0, 0.1) is 0 Å². The van der Waals surface area contributed by atoms with Crippen LogP contribution in [0.3, 0.4) is 0 Å². The number of anilines is 2. The van der Waals surface area contributed by atoms with E-state index in [1.54, 1.807) is 34.1 Å². The second-order valence-corrected chi connectivity index (χ2v) is 10.2. The molecule has 0 bridgehead atoms. The molecule has 0 aliphatic carbocycles. The molecule has 0 spiro atoms. The van der Waals surface area contributed by atoms with Crippen molar-refractivity contribution in [1.82, 2.24) is 9.80 Å². The Hall–Kier alpha value is -3.75. The summed E-state index contributed by atoms with van der Waals surface area (Å²) in [6, 6.07) is 23.5. The van der Waals surface area contributed by atoms with Gasteiger partial charge in [0, 0.05) is 35.9 Å². The van der Waals surface area contributed by atoms with Gasteiger partial charge in [-0.3, -0.25) is 19.3 Å². The maximum Gasteiger partial charge on any atom is 0.252 e. The summed E-state index contributed by atoms with van der Waals surface area (Å²) in [7, 11) is 0. The van der Waals surface area contributed by atoms with Crippen molar-refractivity contribution in [2.45, 2.75) is 38.4 Å². The minimum absolute atomic E-state index is 0.0484. The molecule has 3 aromatic rings. The second kappa shape index (κ2) is 11.3. The molecule has 2 heterocycles. The SMILES string of the molecule is O=C(CC1C(=O)N(Cc2ccccc2)C(=S)N1Cc1ccc(N2CCCC2=O)cc1)Nc1ccc(Cl)cc1. The number of benzene rings is 3. The van der Waals surface area contributed by atoms with E-state index in [1.165, 1.54) is 0 Å². The fraction of sp³-hybridized carbons (Fsp3) is 0.241. The zero-order valence-electron chi connectivity index (χ0n) is 20.7. The number of hydrogen-bond donors (Lipinski definition) is 1. The van der Waals surface area contributed by atoms with Crippen LogP contribution in [0.15, 0.2) is 78.9 Å². The molecule has 3 amide bonds. The normalized spacial score (nSPS) is 17.4. The summed E-state index contributed by atoms with van der Waals surface area (Å²) < 4.78 is 0. The molecule has 1 atom stereocenters. The smallest absolute Gasteiger partial charge is 0.252 e. The van der Waals surface area contributed by atoms with Gasteiger partial charge in [-0.1, -0.05) is 54.1 Å². The summed E-state index contributed by atoms with van der Waals surface area (Å²) in [4.78, 5) is 43.8. The number of carbonyl (C=O) groups is 3. The summed E-state index contributed by atoms with van der Waals surface area (Å²) in [6.07, 6.45) is 1.39. The lowest BCUT2D eigenvalue weighted by Crippen LogP contribution is -2.37. The van der Waals surface area contributed by atoms with Crippen LogP contribution < -0.4 is 10.2 Å². The lowest BCUT2D eigenvalue weighted by molar-refractivity contribution is -0.131. The highest BCUT2D eigenvalue weighted by Crippen LogP contribution is 2.27. The van der Waals surface area contributed by atoms with Gasteiger partial charge in [0.25, 0.3) is 5.91 Å². The third-order valence-corrected chi connectivity index (χ3v) is 7.48. The van der Waals surface area contributed by atoms with Crippen molar-refractivity contribution in [3.05, 3.63) is 95.0 Å². The van der Waals surface area contributed by atoms with Crippen LogP contribution in [0.25, 0.3) is 0 Å². The summed E-state index contributed by atoms with van der Waals surface area (Å²) in [5, 5.41) is 3.81. The number of halogens is 1. The first-order chi connectivity index (χ1) is 18.4. The molecule has 5 rings (SSSR count). The Labute approximate surface area is 232 Å². The van der Waals surface area contributed by atoms with Crippen LogP contribution in [0.1, 0.15) is 30.4 Å². The second-order valence-electron chi connectivity index (χ2n) is 9.41. The van der Waals surface area contributed by atoms with Gasteiger partial charge in [0.1, 0.15) is 6.04 Å². The molecule has 0 saturated carbocycles. The Bertz CT molecular complexity index is 1350. The molecule has 0 radical (unpaired) electrons. The van der Waals surface area contributed by atoms with E-state index >= 15 is 0 Å². The largest absolute Gasteiger partial charge is 0.332 e. The molecule has 2 aliphatic heterocycles. The molecule has 194 valence electrons. The molecule has 2 aliphatic rings. The van der Waals surface area contributed by atoms with E-state index in [-0.39, 0.29) is 24.1 Å². The number of thiocarbonyl (C=S) groups is 1. The predicted octanol–water partition coefficient (Wildman–Crippen LogP) is 4.99. The molecule has 9 heteroatoms. The van der Waals surface area contributed by atoms with E-state index in [1.807, 2.05) is 59.5 Å². The lowest BCUT2D eigenvalue weighted by Gasteiger charge is -2.24. The highest BCUT2D eigenvalue weighted by atomic mass is 35.5. The molecule has 2 saturated heterocycles. The van der Waals surface area contributed by atoms with Gasteiger partial charge in [-0.05, 0) is 66.2 Å². The number of nitrogens with zero attached hydrogens (tertiary/aromatic N) is 3. The quantitative estimate of drug-likeness (QED) is 0.403. The van der Waals surface area contributed by atoms with Gasteiger partial charge in [0.15, 0.2) is 5.11 Å². The minimum atomic E-state index is -0.738. The van der Waals surface area contributed by atoms with Crippen LogP contribution in [0.5, 0.6) is 0 Å². The van der Waals surface area contributed by atoms with Crippen LogP contribution >= 0.6 is 23.8 Å². The zero-order chi connectivity index (χ0) is 26.6. The Morgan fingerprint density at radius 3 is 2.26 bits per heavy atom. The van der Waals surface area contributed by atoms with Crippen molar-refractivity contribution in [3.8, 4) is 0 Å². The average Bonchev–Trinajstić information content (AvgIpc) is 3.44. The van der Waals surface area contributed by atoms with Crippen molar-refractivity contribution in [2.75, 3.05) is 16.8 Å². The Balaban J connectivity index is 1.35. The summed E-state index contributed by atoms with van der Waals surface area (Å²) in [6.45, 7) is 1.42. The topological polar surface area (TPSA) is 73.0 Å². The van der Waals surface area contributed by atoms with E-state index in [4.69, 9.17) is 23.8 Å². The molecular weight excluding hydrogens is 520 g/mol. The molecule has 0 aromatic heterocycles. The van der Waals surface area contributed by atoms with Gasteiger partial charge in [0.05, 0.1) is 13.0 Å². The third-order valence-electron chi connectivity index (χ3n) is 6.77. The standard InChI is InChI=1S/C29H27ClN4O3S/c30-22-10-12-23(13-11-22)31-26(35)17-25-28(37)34(19-20-5-2-1-3-6-20)29(38)33(25)18-21-8-14-24(15-9-21)32-16-4-7-27(32)36/h1-3,5-6,8-15,25H,4,7,16-19H2,(H,31,35). The first-order valence-corrected chi connectivity index (χ1v) is 13.3. The molecule has 38 heavy (non-hydrogen) atoms. The predicted molar refractivity (Wildman–Crippen MR) is 152 cm³/mol. The van der Waals surface area contributed by atoms with Gasteiger partial charge >= 0.3 is 0 Å². The first kappa shape index (κ1) is 25.9. The van der Waals surface area contributed by atoms with E-state index in [0.717, 1.165) is 29.8 Å². The van der Waals surface area contributed by atoms with Gasteiger partial charge in [-0.15, -0.1) is 0 Å². The fourth-order valence-electron chi connectivity index (χ4n) is 4.80. The van der Waals surface area contributed by atoms with E-state index in [9.17, 15) is 14.4 Å². The van der Waals surface area contributed by atoms with Crippen molar-refractivity contribution in [2.24, 2.45) is 0 Å². The van der Waals surface area contributed by atoms with E-state index < -0.39 is 6.04 Å². The zero-order valence-corrected chi connectivity index (χ0v) is 22.3. The highest BCUT2D eigenvalue weighted by molar-refractivity contribution is 7.80. The average molecular weight is 547 g/mol. The summed E-state index contributed by atoms with van der Waals surface area (Å²) >= 11 is 11.7. The maximum atomic E-state index is 13.6. The van der Waals surface area contributed by atoms with Gasteiger partial charge < -0.3 is 15.1 Å². The van der Waals surface area contributed by atoms with E-state index in [2.05, 4.69) is 5.32 Å². The number of carbonyl (C=O) groups excluding carboxylic acids is 3. The Kier molecular flexibility index (Phi) is 7.72. The molecule has 7 nitrogen and oxygen atoms in total. The number of rotatable bonds is 8. The van der Waals surface area contributed by atoms with Crippen LogP contribution in [-0.2, 0) is 27.5 Å². The van der Waals surface area contributed by atoms with E-state index in [0.29, 0.717) is 35.3 Å². The number of nitrogens with one attached hydrogen (secondary N) is 1. The fourth-order valence-corrected chi connectivity index (χ4v) is 5.27. The van der Waals surface area contributed by atoms with Crippen molar-refractivity contribution in [1.29, 1.82) is 0 Å². The molecule has 2 fully saturated rings. The Morgan fingerprint density at radius 2 is 1.61 bits per heavy atom. The monoisotopic (exact) mass is 546 g/mol. The first-order valence-electron chi connectivity index (χ1n) is 12.5. The maximum absolute atomic E-state index is 13.6. The molecule has 1 unspecified atom stereocenters. The van der Waals surface area contributed by atoms with Gasteiger partial charge in [-0.2, -0.15) is 0 Å². The van der Waals surface area contributed by atoms with Gasteiger partial charge in [-0.25, -0.2) is 0 Å². The van der Waals surface area contributed by atoms with Crippen molar-refractivity contribution in [3.63, 3.8) is 0 Å². The molecular formula is C29H27ClN4O3S. The van der Waals surface area contributed by atoms with Gasteiger partial charge in [0.2, 0.25) is 11.8 Å². The molecule has 3 aromatic carbocycles. The molecule has 1 N–H and O–H groups in total. The number of amides is 3. The number of hydrogen-bond acceptors (Lipinski definition) is 4.